The Morgan fingerprint density at radius 2 is 1.96 bits per heavy atom. The molecule has 0 saturated carbocycles. The van der Waals surface area contributed by atoms with Gasteiger partial charge in [-0.25, -0.2) is 9.78 Å². The van der Waals surface area contributed by atoms with Gasteiger partial charge in [0, 0.05) is 14.1 Å². The van der Waals surface area contributed by atoms with E-state index in [9.17, 15) is 14.4 Å². The molecule has 2 rings (SSSR count). The summed E-state index contributed by atoms with van der Waals surface area (Å²) in [5, 5.41) is 3.19. The van der Waals surface area contributed by atoms with Crippen molar-refractivity contribution in [2.75, 3.05) is 6.61 Å². The molecule has 25 heavy (non-hydrogen) atoms. The topological polar surface area (TPSA) is 111 Å². The van der Waals surface area contributed by atoms with Gasteiger partial charge in [0.1, 0.15) is 11.4 Å². The molecule has 0 aliphatic heterocycles. The summed E-state index contributed by atoms with van der Waals surface area (Å²) in [5.74, 6) is 0.181. The van der Waals surface area contributed by atoms with Gasteiger partial charge in [-0.3, -0.25) is 24.5 Å². The van der Waals surface area contributed by atoms with Gasteiger partial charge in [-0.05, 0) is 19.8 Å². The highest BCUT2D eigenvalue weighted by Crippen LogP contribution is 2.20. The smallest absolute Gasteiger partial charge is 0.329 e. The van der Waals surface area contributed by atoms with Crippen LogP contribution in [0.15, 0.2) is 9.59 Å². The van der Waals surface area contributed by atoms with Gasteiger partial charge in [-0.15, -0.1) is 0 Å². The van der Waals surface area contributed by atoms with E-state index in [1.54, 1.807) is 32.5 Å². The Kier molecular flexibility index (Phi) is 5.17. The molecule has 0 spiro atoms. The summed E-state index contributed by atoms with van der Waals surface area (Å²) in [6, 6.07) is 0. The normalized spacial score (nSPS) is 14.0. The van der Waals surface area contributed by atoms with Gasteiger partial charge in [0.2, 0.25) is 0 Å². The summed E-state index contributed by atoms with van der Waals surface area (Å²) in [5.41, 5.74) is -1.30. The lowest BCUT2D eigenvalue weighted by Crippen LogP contribution is -2.54. The highest BCUT2D eigenvalue weighted by atomic mass is 16.5. The van der Waals surface area contributed by atoms with Crippen LogP contribution in [-0.4, -0.2) is 37.2 Å². The second kappa shape index (κ2) is 6.83. The summed E-state index contributed by atoms with van der Waals surface area (Å²) in [6.45, 7) is 7.93. The molecule has 9 heteroatoms. The predicted octanol–water partition coefficient (Wildman–Crippen LogP) is 0.0277. The van der Waals surface area contributed by atoms with Crippen molar-refractivity contribution in [1.82, 2.24) is 24.4 Å². The fourth-order valence-corrected chi connectivity index (χ4v) is 2.57. The molecular formula is C16H25N5O4. The third kappa shape index (κ3) is 3.23. The molecule has 0 amide bonds. The number of hydrogen-bond acceptors (Lipinski definition) is 6. The van der Waals surface area contributed by atoms with Crippen LogP contribution in [0.1, 0.15) is 33.5 Å². The average Bonchev–Trinajstić information content (AvgIpc) is 2.87. The van der Waals surface area contributed by atoms with Crippen molar-refractivity contribution >= 4 is 17.1 Å². The maximum Gasteiger partial charge on any atom is 0.329 e. The quantitative estimate of drug-likeness (QED) is 0.710. The third-order valence-corrected chi connectivity index (χ3v) is 4.70. The number of rotatable bonds is 6. The van der Waals surface area contributed by atoms with Gasteiger partial charge in [-0.2, -0.15) is 0 Å². The molecular weight excluding hydrogens is 326 g/mol. The number of nitrogens with zero attached hydrogens (tertiary/aromatic N) is 3. The van der Waals surface area contributed by atoms with E-state index in [1.165, 1.54) is 4.57 Å². The number of esters is 1. The van der Waals surface area contributed by atoms with Crippen LogP contribution in [-0.2, 0) is 30.2 Å². The maximum atomic E-state index is 12.3. The van der Waals surface area contributed by atoms with E-state index >= 15 is 0 Å². The van der Waals surface area contributed by atoms with Crippen molar-refractivity contribution in [1.29, 1.82) is 0 Å². The minimum Gasteiger partial charge on any atom is -0.465 e. The zero-order chi connectivity index (χ0) is 18.9. The zero-order valence-electron chi connectivity index (χ0n) is 15.5. The number of carbonyl (C=O) groups excluding carboxylic acids is 1. The summed E-state index contributed by atoms with van der Waals surface area (Å²) in [4.78, 5) is 42.8. The minimum atomic E-state index is -0.896. The van der Waals surface area contributed by atoms with Crippen molar-refractivity contribution in [2.24, 2.45) is 20.0 Å². The minimum absolute atomic E-state index is 0.0195. The first-order valence-corrected chi connectivity index (χ1v) is 8.20. The summed E-state index contributed by atoms with van der Waals surface area (Å²) in [7, 11) is 3.24. The van der Waals surface area contributed by atoms with Gasteiger partial charge < -0.3 is 9.30 Å². The Bertz CT molecular complexity index is 908. The van der Waals surface area contributed by atoms with E-state index in [4.69, 9.17) is 4.74 Å². The second-order valence-corrected chi connectivity index (χ2v) is 6.51. The number of hydrogen-bond donors (Lipinski definition) is 2. The second-order valence-electron chi connectivity index (χ2n) is 6.51. The molecule has 0 aromatic carbocycles. The number of carbonyl (C=O) groups is 1. The van der Waals surface area contributed by atoms with Gasteiger partial charge >= 0.3 is 11.7 Å². The number of ether oxygens (including phenoxy) is 1. The summed E-state index contributed by atoms with van der Waals surface area (Å²) in [6.07, 6.45) is 0. The molecule has 138 valence electrons. The van der Waals surface area contributed by atoms with Gasteiger partial charge in [-0.1, -0.05) is 13.8 Å². The number of imidazole rings is 1. The third-order valence-electron chi connectivity index (χ3n) is 4.70. The number of aromatic nitrogens is 4. The van der Waals surface area contributed by atoms with Crippen molar-refractivity contribution in [3.8, 4) is 0 Å². The molecule has 0 aliphatic carbocycles. The van der Waals surface area contributed by atoms with Gasteiger partial charge in [0.15, 0.2) is 11.2 Å². The molecule has 2 N–H and O–H groups in total. The first-order valence-electron chi connectivity index (χ1n) is 8.20. The van der Waals surface area contributed by atoms with E-state index in [1.807, 2.05) is 13.8 Å². The Balaban J connectivity index is 2.41. The standard InChI is InChI=1S/C16H25N5O4/c1-7-25-14(23)16(4,9(2)3)17-8-10-18-12-11(20(10)5)13(22)19-15(24)21(12)6/h9,17H,7-8H2,1-6H3,(H,19,22,24)/t16-/m1/s1. The monoisotopic (exact) mass is 351 g/mol. The highest BCUT2D eigenvalue weighted by molar-refractivity contribution is 5.80. The molecule has 2 heterocycles. The molecule has 0 fully saturated rings. The largest absolute Gasteiger partial charge is 0.465 e. The molecule has 2 aromatic rings. The van der Waals surface area contributed by atoms with Crippen LogP contribution >= 0.6 is 0 Å². The molecule has 0 unspecified atom stereocenters. The Labute approximate surface area is 145 Å². The Hall–Kier alpha value is -2.42. The van der Waals surface area contributed by atoms with E-state index in [2.05, 4.69) is 15.3 Å². The lowest BCUT2D eigenvalue weighted by molar-refractivity contribution is -0.152. The molecule has 1 atom stereocenters. The van der Waals surface area contributed by atoms with E-state index < -0.39 is 16.8 Å². The number of H-pyrrole nitrogens is 1. The van der Waals surface area contributed by atoms with Crippen LogP contribution in [0.3, 0.4) is 0 Å². The number of fused-ring (bicyclic) bond motifs is 1. The van der Waals surface area contributed by atoms with Crippen LogP contribution in [0.4, 0.5) is 0 Å². The lowest BCUT2D eigenvalue weighted by Gasteiger charge is -2.32. The van der Waals surface area contributed by atoms with Crippen LogP contribution < -0.4 is 16.6 Å². The van der Waals surface area contributed by atoms with Gasteiger partial charge in [0.25, 0.3) is 5.56 Å². The van der Waals surface area contributed by atoms with Crippen LogP contribution in [0.2, 0.25) is 0 Å². The van der Waals surface area contributed by atoms with E-state index in [0.717, 1.165) is 0 Å². The first-order chi connectivity index (χ1) is 11.6. The fourth-order valence-electron chi connectivity index (χ4n) is 2.57. The first kappa shape index (κ1) is 18.9. The van der Waals surface area contributed by atoms with Crippen molar-refractivity contribution in [3.05, 3.63) is 26.7 Å². The van der Waals surface area contributed by atoms with Crippen molar-refractivity contribution in [2.45, 2.75) is 39.8 Å². The van der Waals surface area contributed by atoms with E-state index in [-0.39, 0.29) is 18.4 Å². The summed E-state index contributed by atoms with van der Waals surface area (Å²) < 4.78 is 8.07. The van der Waals surface area contributed by atoms with Crippen LogP contribution in [0, 0.1) is 5.92 Å². The number of aromatic amines is 1. The lowest BCUT2D eigenvalue weighted by atomic mass is 9.88. The fraction of sp³-hybridized carbons (Fsp3) is 0.625. The predicted molar refractivity (Wildman–Crippen MR) is 93.3 cm³/mol. The van der Waals surface area contributed by atoms with Crippen LogP contribution in [0.5, 0.6) is 0 Å². The SMILES string of the molecule is CCOC(=O)[C@](C)(NCc1nc2c(c(=O)[nH]c(=O)n2C)n1C)C(C)C. The van der Waals surface area contributed by atoms with Crippen molar-refractivity contribution < 1.29 is 9.53 Å². The molecule has 0 bridgehead atoms. The molecule has 9 nitrogen and oxygen atoms in total. The maximum absolute atomic E-state index is 12.3. The molecule has 0 aliphatic rings. The zero-order valence-corrected chi connectivity index (χ0v) is 15.5. The molecule has 0 radical (unpaired) electrons. The van der Waals surface area contributed by atoms with E-state index in [0.29, 0.717) is 23.6 Å². The Morgan fingerprint density at radius 1 is 1.32 bits per heavy atom. The molecule has 2 aromatic heterocycles. The molecule has 0 saturated heterocycles. The van der Waals surface area contributed by atoms with Crippen LogP contribution in [0.25, 0.3) is 11.2 Å². The highest BCUT2D eigenvalue weighted by Gasteiger charge is 2.38. The number of aryl methyl sites for hydroxylation is 2. The van der Waals surface area contributed by atoms with Gasteiger partial charge in [0.05, 0.1) is 13.2 Å². The average molecular weight is 351 g/mol. The summed E-state index contributed by atoms with van der Waals surface area (Å²) >= 11 is 0. The number of nitrogens with one attached hydrogen (secondary N) is 2. The Morgan fingerprint density at radius 3 is 2.52 bits per heavy atom. The van der Waals surface area contributed by atoms with Crippen molar-refractivity contribution in [3.63, 3.8) is 0 Å².